The van der Waals surface area contributed by atoms with Crippen molar-refractivity contribution in [2.45, 2.75) is 0 Å². The van der Waals surface area contributed by atoms with Gasteiger partial charge in [0.25, 0.3) is 0 Å². The molecule has 4 heteroatoms. The highest BCUT2D eigenvalue weighted by atomic mass is 79.9. The topological polar surface area (TPSA) is 63.3 Å². The zero-order valence-electron chi connectivity index (χ0n) is 7.25. The van der Waals surface area contributed by atoms with Crippen LogP contribution in [0.15, 0.2) is 22.7 Å². The summed E-state index contributed by atoms with van der Waals surface area (Å²) in [6.07, 6.45) is 0. The van der Waals surface area contributed by atoms with Crippen LogP contribution in [0, 0.1) is 11.8 Å². The van der Waals surface area contributed by atoms with Gasteiger partial charge in [0.15, 0.2) is 0 Å². The van der Waals surface area contributed by atoms with E-state index in [1.165, 1.54) is 12.1 Å². The molecule has 1 aromatic rings. The molecule has 14 heavy (non-hydrogen) atoms. The van der Waals surface area contributed by atoms with E-state index in [0.717, 1.165) is 0 Å². The van der Waals surface area contributed by atoms with Gasteiger partial charge < -0.3 is 10.8 Å². The molecule has 1 rings (SSSR count). The van der Waals surface area contributed by atoms with Crippen LogP contribution >= 0.6 is 15.9 Å². The van der Waals surface area contributed by atoms with Gasteiger partial charge in [-0.2, -0.15) is 0 Å². The van der Waals surface area contributed by atoms with Gasteiger partial charge in [-0.1, -0.05) is 27.8 Å². The van der Waals surface area contributed by atoms with Crippen molar-refractivity contribution in [2.75, 3.05) is 6.54 Å². The van der Waals surface area contributed by atoms with Crippen molar-refractivity contribution in [3.8, 4) is 11.8 Å². The Labute approximate surface area is 90.1 Å². The number of hydrogen-bond donors (Lipinski definition) is 2. The van der Waals surface area contributed by atoms with E-state index >= 15 is 0 Å². The maximum absolute atomic E-state index is 10.7. The van der Waals surface area contributed by atoms with E-state index in [1.54, 1.807) is 6.07 Å². The molecule has 0 aliphatic heterocycles. The van der Waals surface area contributed by atoms with Crippen molar-refractivity contribution < 1.29 is 9.90 Å². The maximum atomic E-state index is 10.7. The van der Waals surface area contributed by atoms with Crippen LogP contribution in [0.3, 0.4) is 0 Å². The standard InChI is InChI=1S/C10H8BrNO2/c11-9-5-7(2-1-3-12)4-8(6-9)10(13)14/h4-6H,3,12H2,(H,13,14). The number of benzene rings is 1. The zero-order valence-corrected chi connectivity index (χ0v) is 8.84. The van der Waals surface area contributed by atoms with E-state index < -0.39 is 5.97 Å². The predicted octanol–water partition coefficient (Wildman–Crippen LogP) is 1.46. The third-order valence-corrected chi connectivity index (χ3v) is 1.94. The van der Waals surface area contributed by atoms with Crippen LogP contribution in [0.2, 0.25) is 0 Å². The normalized spacial score (nSPS) is 9.00. The first-order valence-electron chi connectivity index (χ1n) is 3.86. The van der Waals surface area contributed by atoms with Gasteiger partial charge in [0.1, 0.15) is 0 Å². The van der Waals surface area contributed by atoms with Crippen LogP contribution in [-0.2, 0) is 0 Å². The predicted molar refractivity (Wildman–Crippen MR) is 57.0 cm³/mol. The lowest BCUT2D eigenvalue weighted by Gasteiger charge is -1.97. The molecular weight excluding hydrogens is 246 g/mol. The molecule has 0 amide bonds. The summed E-state index contributed by atoms with van der Waals surface area (Å²) in [5, 5.41) is 8.77. The quantitative estimate of drug-likeness (QED) is 0.745. The molecule has 72 valence electrons. The first kappa shape index (κ1) is 10.8. The lowest BCUT2D eigenvalue weighted by Crippen LogP contribution is -1.97. The van der Waals surface area contributed by atoms with Gasteiger partial charge in [-0.3, -0.25) is 0 Å². The second-order valence-electron chi connectivity index (χ2n) is 2.54. The van der Waals surface area contributed by atoms with E-state index in [1.807, 2.05) is 0 Å². The average molecular weight is 254 g/mol. The van der Waals surface area contributed by atoms with Crippen LogP contribution in [0.25, 0.3) is 0 Å². The minimum Gasteiger partial charge on any atom is -0.478 e. The highest BCUT2D eigenvalue weighted by molar-refractivity contribution is 9.10. The Morgan fingerprint density at radius 1 is 1.50 bits per heavy atom. The number of halogens is 1. The Morgan fingerprint density at radius 3 is 2.79 bits per heavy atom. The largest absolute Gasteiger partial charge is 0.478 e. The Kier molecular flexibility index (Phi) is 3.69. The number of hydrogen-bond acceptors (Lipinski definition) is 2. The van der Waals surface area contributed by atoms with Crippen molar-refractivity contribution in [1.29, 1.82) is 0 Å². The van der Waals surface area contributed by atoms with Crippen LogP contribution < -0.4 is 5.73 Å². The third-order valence-electron chi connectivity index (χ3n) is 1.48. The van der Waals surface area contributed by atoms with E-state index in [-0.39, 0.29) is 12.1 Å². The van der Waals surface area contributed by atoms with Crippen molar-refractivity contribution in [3.05, 3.63) is 33.8 Å². The minimum absolute atomic E-state index is 0.209. The van der Waals surface area contributed by atoms with Gasteiger partial charge in [0.05, 0.1) is 12.1 Å². The molecule has 3 nitrogen and oxygen atoms in total. The summed E-state index contributed by atoms with van der Waals surface area (Å²) in [5.41, 5.74) is 6.06. The summed E-state index contributed by atoms with van der Waals surface area (Å²) in [5.74, 6) is 4.46. The summed E-state index contributed by atoms with van der Waals surface area (Å²) in [6.45, 7) is 0.259. The zero-order chi connectivity index (χ0) is 10.6. The van der Waals surface area contributed by atoms with Crippen LogP contribution in [-0.4, -0.2) is 17.6 Å². The average Bonchev–Trinajstić information content (AvgIpc) is 2.14. The smallest absolute Gasteiger partial charge is 0.335 e. The number of carbonyl (C=O) groups is 1. The van der Waals surface area contributed by atoms with Crippen molar-refractivity contribution in [3.63, 3.8) is 0 Å². The fourth-order valence-electron chi connectivity index (χ4n) is 0.938. The van der Waals surface area contributed by atoms with Crippen LogP contribution in [0.1, 0.15) is 15.9 Å². The summed E-state index contributed by atoms with van der Waals surface area (Å²) < 4.78 is 0.693. The molecule has 0 saturated carbocycles. The molecule has 0 aliphatic rings. The Morgan fingerprint density at radius 2 is 2.21 bits per heavy atom. The molecule has 1 aromatic carbocycles. The number of carboxylic acids is 1. The lowest BCUT2D eigenvalue weighted by molar-refractivity contribution is 0.0697. The molecule has 0 unspecified atom stereocenters. The van der Waals surface area contributed by atoms with Crippen molar-refractivity contribution in [1.82, 2.24) is 0 Å². The number of rotatable bonds is 1. The Bertz CT molecular complexity index is 418. The molecule has 0 fully saturated rings. The van der Waals surface area contributed by atoms with Gasteiger partial charge in [-0.05, 0) is 18.2 Å². The molecule has 0 aliphatic carbocycles. The molecule has 0 aromatic heterocycles. The first-order valence-corrected chi connectivity index (χ1v) is 4.65. The molecule has 0 bridgehead atoms. The third kappa shape index (κ3) is 2.87. The molecule has 3 N–H and O–H groups in total. The van der Waals surface area contributed by atoms with Crippen molar-refractivity contribution >= 4 is 21.9 Å². The summed E-state index contributed by atoms with van der Waals surface area (Å²) in [6, 6.07) is 4.78. The highest BCUT2D eigenvalue weighted by Crippen LogP contribution is 2.15. The molecule has 0 heterocycles. The Balaban J connectivity index is 3.13. The molecule has 0 atom stereocenters. The lowest BCUT2D eigenvalue weighted by atomic mass is 10.1. The van der Waals surface area contributed by atoms with E-state index in [4.69, 9.17) is 10.8 Å². The van der Waals surface area contributed by atoms with Crippen molar-refractivity contribution in [2.24, 2.45) is 5.73 Å². The fraction of sp³-hybridized carbons (Fsp3) is 0.100. The monoisotopic (exact) mass is 253 g/mol. The molecule has 0 radical (unpaired) electrons. The number of carboxylic acid groups (broad SMARTS) is 1. The van der Waals surface area contributed by atoms with Crippen LogP contribution in [0.4, 0.5) is 0 Å². The van der Waals surface area contributed by atoms with Gasteiger partial charge in [0.2, 0.25) is 0 Å². The molecular formula is C10H8BrNO2. The van der Waals surface area contributed by atoms with Crippen LogP contribution in [0.5, 0.6) is 0 Å². The summed E-state index contributed by atoms with van der Waals surface area (Å²) in [7, 11) is 0. The SMILES string of the molecule is NCC#Cc1cc(Br)cc(C(=O)O)c1. The second-order valence-corrected chi connectivity index (χ2v) is 3.46. The van der Waals surface area contributed by atoms with E-state index in [0.29, 0.717) is 10.0 Å². The summed E-state index contributed by atoms with van der Waals surface area (Å²) in [4.78, 5) is 10.7. The van der Waals surface area contributed by atoms with E-state index in [9.17, 15) is 4.79 Å². The van der Waals surface area contributed by atoms with E-state index in [2.05, 4.69) is 27.8 Å². The number of nitrogens with two attached hydrogens (primary N) is 1. The van der Waals surface area contributed by atoms with Gasteiger partial charge in [0, 0.05) is 10.0 Å². The van der Waals surface area contributed by atoms with Gasteiger partial charge >= 0.3 is 5.97 Å². The second kappa shape index (κ2) is 4.80. The first-order chi connectivity index (χ1) is 6.63. The fourth-order valence-corrected chi connectivity index (χ4v) is 1.43. The maximum Gasteiger partial charge on any atom is 0.335 e. The number of aromatic carboxylic acids is 1. The van der Waals surface area contributed by atoms with Gasteiger partial charge in [-0.15, -0.1) is 0 Å². The molecule has 0 saturated heterocycles. The minimum atomic E-state index is -0.970. The summed E-state index contributed by atoms with van der Waals surface area (Å²) >= 11 is 3.21. The van der Waals surface area contributed by atoms with Gasteiger partial charge in [-0.25, -0.2) is 4.79 Å². The Hall–Kier alpha value is -1.31. The highest BCUT2D eigenvalue weighted by Gasteiger charge is 2.04. The molecule has 0 spiro atoms.